The van der Waals surface area contributed by atoms with Crippen molar-refractivity contribution in [2.75, 3.05) is 6.54 Å². The van der Waals surface area contributed by atoms with Gasteiger partial charge in [0, 0.05) is 13.0 Å². The molecule has 0 aromatic heterocycles. The number of hydrogen-bond donors (Lipinski definition) is 3. The Hall–Kier alpha value is -3.23. The first kappa shape index (κ1) is 23.1. The van der Waals surface area contributed by atoms with Crippen molar-refractivity contribution in [1.82, 2.24) is 10.2 Å². The number of aliphatic carboxylic acids is 1. The number of aromatic hydroxyl groups is 1. The van der Waals surface area contributed by atoms with Crippen LogP contribution in [0.2, 0.25) is 0 Å². The third kappa shape index (κ3) is 5.22. The van der Waals surface area contributed by atoms with Gasteiger partial charge in [-0.1, -0.05) is 26.0 Å². The van der Waals surface area contributed by atoms with Crippen molar-refractivity contribution < 1.29 is 34.2 Å². The van der Waals surface area contributed by atoms with E-state index in [1.165, 1.54) is 19.1 Å². The molecule has 2 rings (SSSR count). The number of nitrogens with one attached hydrogen (secondary N) is 1. The molecule has 1 aromatic rings. The number of phenols is 1. The highest BCUT2D eigenvalue weighted by atomic mass is 16.4. The first-order valence-corrected chi connectivity index (χ1v) is 9.73. The number of amides is 3. The van der Waals surface area contributed by atoms with E-state index >= 15 is 0 Å². The summed E-state index contributed by atoms with van der Waals surface area (Å²) in [5, 5.41) is 20.4. The van der Waals surface area contributed by atoms with Crippen LogP contribution in [0.15, 0.2) is 24.3 Å². The molecular weight excluding hydrogens is 392 g/mol. The molecule has 0 aliphatic carbocycles. The van der Waals surface area contributed by atoms with E-state index in [0.717, 1.165) is 4.90 Å². The van der Waals surface area contributed by atoms with Crippen LogP contribution in [-0.2, 0) is 24.0 Å². The van der Waals surface area contributed by atoms with Crippen molar-refractivity contribution >= 4 is 29.5 Å². The molecule has 0 radical (unpaired) electrons. The Morgan fingerprint density at radius 3 is 2.20 bits per heavy atom. The molecule has 3 N–H and O–H groups in total. The molecular formula is C21H26N2O7. The summed E-state index contributed by atoms with van der Waals surface area (Å²) in [6, 6.07) is 4.84. The minimum absolute atomic E-state index is 0.0417. The largest absolute Gasteiger partial charge is 0.508 e. The number of imide groups is 1. The van der Waals surface area contributed by atoms with Gasteiger partial charge in [0.1, 0.15) is 11.8 Å². The molecule has 0 saturated carbocycles. The second-order valence-electron chi connectivity index (χ2n) is 7.84. The zero-order chi connectivity index (χ0) is 22.6. The maximum Gasteiger partial charge on any atom is 0.325 e. The van der Waals surface area contributed by atoms with Crippen LogP contribution in [0, 0.1) is 11.8 Å². The average Bonchev–Trinajstić information content (AvgIpc) is 2.89. The van der Waals surface area contributed by atoms with Gasteiger partial charge in [-0.2, -0.15) is 0 Å². The SMILES string of the molecule is CC(C)CC1C(=O)N(CCC(=O)C(=O)NC(C)C(=O)O)C(=O)C1c1ccc(O)cc1. The Bertz CT molecular complexity index is 847. The average molecular weight is 418 g/mol. The Balaban J connectivity index is 2.14. The van der Waals surface area contributed by atoms with Gasteiger partial charge in [0.25, 0.3) is 5.91 Å². The molecule has 1 heterocycles. The van der Waals surface area contributed by atoms with E-state index in [1.807, 2.05) is 13.8 Å². The number of hydrogen-bond acceptors (Lipinski definition) is 6. The van der Waals surface area contributed by atoms with E-state index in [9.17, 15) is 29.1 Å². The Morgan fingerprint density at radius 2 is 1.67 bits per heavy atom. The molecule has 1 aliphatic rings. The van der Waals surface area contributed by atoms with Crippen LogP contribution in [-0.4, -0.2) is 57.2 Å². The monoisotopic (exact) mass is 418 g/mol. The summed E-state index contributed by atoms with van der Waals surface area (Å²) in [6.45, 7) is 4.84. The zero-order valence-corrected chi connectivity index (χ0v) is 17.1. The highest BCUT2D eigenvalue weighted by Crippen LogP contribution is 2.39. The fourth-order valence-corrected chi connectivity index (χ4v) is 3.48. The maximum atomic E-state index is 13.0. The van der Waals surface area contributed by atoms with Crippen molar-refractivity contribution in [2.45, 2.75) is 45.6 Å². The van der Waals surface area contributed by atoms with Gasteiger partial charge in [-0.15, -0.1) is 0 Å². The number of carbonyl (C=O) groups excluding carboxylic acids is 4. The molecule has 9 heteroatoms. The molecule has 162 valence electrons. The molecule has 3 amide bonds. The van der Waals surface area contributed by atoms with E-state index in [1.54, 1.807) is 12.1 Å². The van der Waals surface area contributed by atoms with Gasteiger partial charge in [-0.05, 0) is 37.0 Å². The normalized spacial score (nSPS) is 19.8. The lowest BCUT2D eigenvalue weighted by atomic mass is 9.83. The predicted octanol–water partition coefficient (Wildman–Crippen LogP) is 1.06. The van der Waals surface area contributed by atoms with E-state index < -0.39 is 53.8 Å². The topological polar surface area (TPSA) is 141 Å². The fourth-order valence-electron chi connectivity index (χ4n) is 3.48. The minimum atomic E-state index is -1.28. The number of benzene rings is 1. The number of carboxylic acids is 1. The molecule has 30 heavy (non-hydrogen) atoms. The van der Waals surface area contributed by atoms with Crippen LogP contribution >= 0.6 is 0 Å². The summed E-state index contributed by atoms with van der Waals surface area (Å²) in [4.78, 5) is 61.6. The van der Waals surface area contributed by atoms with E-state index in [-0.39, 0.29) is 18.2 Å². The smallest absolute Gasteiger partial charge is 0.325 e. The number of carboxylic acid groups (broad SMARTS) is 1. The van der Waals surface area contributed by atoms with Gasteiger partial charge in [0.2, 0.25) is 17.6 Å². The molecule has 9 nitrogen and oxygen atoms in total. The molecule has 3 atom stereocenters. The number of Topliss-reactive ketones (excluding diaryl/α,β-unsaturated/α-hetero) is 1. The molecule has 3 unspecified atom stereocenters. The van der Waals surface area contributed by atoms with Gasteiger partial charge in [0.05, 0.1) is 11.8 Å². The fraction of sp³-hybridized carbons (Fsp3) is 0.476. The number of phenolic OH excluding ortho intramolecular Hbond substituents is 1. The summed E-state index contributed by atoms with van der Waals surface area (Å²) >= 11 is 0. The highest BCUT2D eigenvalue weighted by molar-refractivity contribution is 6.36. The van der Waals surface area contributed by atoms with Gasteiger partial charge < -0.3 is 15.5 Å². The van der Waals surface area contributed by atoms with Gasteiger partial charge >= 0.3 is 5.97 Å². The Morgan fingerprint density at radius 1 is 1.07 bits per heavy atom. The van der Waals surface area contributed by atoms with Crippen molar-refractivity contribution in [3.63, 3.8) is 0 Å². The Labute approximate surface area is 174 Å². The van der Waals surface area contributed by atoms with Gasteiger partial charge in [0.15, 0.2) is 0 Å². The molecule has 1 aliphatic heterocycles. The van der Waals surface area contributed by atoms with Crippen molar-refractivity contribution in [2.24, 2.45) is 11.8 Å². The molecule has 1 fully saturated rings. The lowest BCUT2D eigenvalue weighted by Gasteiger charge is -2.17. The molecule has 0 bridgehead atoms. The summed E-state index contributed by atoms with van der Waals surface area (Å²) in [5.41, 5.74) is 0.596. The standard InChI is InChI=1S/C21H26N2O7/c1-11(2)10-15-17(13-4-6-14(24)7-5-13)20(28)23(19(15)27)9-8-16(25)18(26)22-12(3)21(29)30/h4-7,11-12,15,17,24H,8-10H2,1-3H3,(H,22,26)(H,29,30). The minimum Gasteiger partial charge on any atom is -0.508 e. The first-order valence-electron chi connectivity index (χ1n) is 9.73. The third-order valence-electron chi connectivity index (χ3n) is 5.03. The predicted molar refractivity (Wildman–Crippen MR) is 105 cm³/mol. The van der Waals surface area contributed by atoms with Crippen LogP contribution < -0.4 is 5.32 Å². The molecule has 0 spiro atoms. The van der Waals surface area contributed by atoms with Crippen LogP contribution in [0.3, 0.4) is 0 Å². The number of rotatable bonds is 9. The summed E-state index contributed by atoms with van der Waals surface area (Å²) < 4.78 is 0. The molecule has 1 saturated heterocycles. The second-order valence-corrected chi connectivity index (χ2v) is 7.84. The lowest BCUT2D eigenvalue weighted by Crippen LogP contribution is -2.43. The van der Waals surface area contributed by atoms with Crippen LogP contribution in [0.4, 0.5) is 0 Å². The van der Waals surface area contributed by atoms with Crippen LogP contribution in [0.25, 0.3) is 0 Å². The Kier molecular flexibility index (Phi) is 7.31. The van der Waals surface area contributed by atoms with E-state index in [4.69, 9.17) is 5.11 Å². The highest BCUT2D eigenvalue weighted by Gasteiger charge is 2.48. The quantitative estimate of drug-likeness (QED) is 0.402. The van der Waals surface area contributed by atoms with Crippen LogP contribution in [0.1, 0.15) is 45.1 Å². The van der Waals surface area contributed by atoms with Gasteiger partial charge in [-0.3, -0.25) is 28.9 Å². The lowest BCUT2D eigenvalue weighted by molar-refractivity contribution is -0.144. The van der Waals surface area contributed by atoms with Crippen molar-refractivity contribution in [1.29, 1.82) is 0 Å². The number of likely N-dealkylation sites (tertiary alicyclic amines) is 1. The maximum absolute atomic E-state index is 13.0. The van der Waals surface area contributed by atoms with E-state index in [0.29, 0.717) is 12.0 Å². The third-order valence-corrected chi connectivity index (χ3v) is 5.03. The van der Waals surface area contributed by atoms with E-state index in [2.05, 4.69) is 5.32 Å². The first-order chi connectivity index (χ1) is 14.0. The summed E-state index contributed by atoms with van der Waals surface area (Å²) in [6.07, 6.45) is 0.0729. The van der Waals surface area contributed by atoms with Crippen molar-refractivity contribution in [3.8, 4) is 5.75 Å². The summed E-state index contributed by atoms with van der Waals surface area (Å²) in [7, 11) is 0. The van der Waals surface area contributed by atoms with Crippen LogP contribution in [0.5, 0.6) is 5.75 Å². The van der Waals surface area contributed by atoms with Gasteiger partial charge in [-0.25, -0.2) is 0 Å². The number of nitrogens with zero attached hydrogens (tertiary/aromatic N) is 1. The number of carbonyl (C=O) groups is 5. The summed E-state index contributed by atoms with van der Waals surface area (Å²) in [5.74, 6) is -5.25. The zero-order valence-electron chi connectivity index (χ0n) is 17.1. The van der Waals surface area contributed by atoms with Crippen molar-refractivity contribution in [3.05, 3.63) is 29.8 Å². The molecule has 1 aromatic carbocycles. The second kappa shape index (κ2) is 9.51. The number of ketones is 1.